The van der Waals surface area contributed by atoms with E-state index < -0.39 is 5.97 Å². The van der Waals surface area contributed by atoms with E-state index in [1.54, 1.807) is 6.92 Å². The quantitative estimate of drug-likeness (QED) is 0.578. The lowest BCUT2D eigenvalue weighted by molar-refractivity contribution is 0.0593. The first-order chi connectivity index (χ1) is 6.06. The van der Waals surface area contributed by atoms with Gasteiger partial charge in [0.2, 0.25) is 0 Å². The second-order valence-corrected chi connectivity index (χ2v) is 3.09. The summed E-state index contributed by atoms with van der Waals surface area (Å²) in [5, 5.41) is 0.118. The summed E-state index contributed by atoms with van der Waals surface area (Å²) in [6.07, 6.45) is 0. The first-order valence-electron chi connectivity index (χ1n) is 3.41. The number of aryl methyl sites for hydroxylation is 1. The number of aromatic nitrogens is 2. The molecule has 0 aliphatic rings. The van der Waals surface area contributed by atoms with E-state index in [2.05, 4.69) is 14.7 Å². The molecule has 1 rings (SSSR count). The molecule has 70 valence electrons. The molecule has 0 radical (unpaired) electrons. The van der Waals surface area contributed by atoms with Gasteiger partial charge >= 0.3 is 5.97 Å². The largest absolute Gasteiger partial charge is 0.464 e. The standard InChI is InChI=1S/C7H7ClN2O2S/c1-3-9-5(7(11)12-2)4(8)6(13)10-3/h1-2H3,(H,9,10,13). The number of rotatable bonds is 1. The smallest absolute Gasteiger partial charge is 0.358 e. The third kappa shape index (κ3) is 2.05. The molecule has 13 heavy (non-hydrogen) atoms. The predicted molar refractivity (Wildman–Crippen MR) is 50.5 cm³/mol. The highest BCUT2D eigenvalue weighted by Crippen LogP contribution is 2.15. The molecule has 0 unspecified atom stereocenters. The number of hydrogen-bond donors (Lipinski definition) is 1. The van der Waals surface area contributed by atoms with E-state index in [4.69, 9.17) is 23.8 Å². The fourth-order valence-corrected chi connectivity index (χ4v) is 1.21. The number of carbonyl (C=O) groups excluding carboxylic acids is 1. The maximum Gasteiger partial charge on any atom is 0.358 e. The zero-order valence-electron chi connectivity index (χ0n) is 7.05. The third-order valence-electron chi connectivity index (χ3n) is 1.36. The minimum absolute atomic E-state index is 0.0467. The number of nitrogens with one attached hydrogen (secondary N) is 1. The summed E-state index contributed by atoms with van der Waals surface area (Å²) in [6.45, 7) is 1.68. The molecule has 6 heteroatoms. The number of aromatic amines is 1. The van der Waals surface area contributed by atoms with Crippen molar-refractivity contribution in [1.82, 2.24) is 9.97 Å². The summed E-state index contributed by atoms with van der Waals surface area (Å²) in [6, 6.07) is 0. The van der Waals surface area contributed by atoms with Crippen LogP contribution in [0.5, 0.6) is 0 Å². The van der Waals surface area contributed by atoms with E-state index in [0.717, 1.165) is 0 Å². The summed E-state index contributed by atoms with van der Waals surface area (Å²) < 4.78 is 4.77. The van der Waals surface area contributed by atoms with Gasteiger partial charge in [-0.3, -0.25) is 0 Å². The zero-order chi connectivity index (χ0) is 10.0. The number of halogens is 1. The SMILES string of the molecule is COC(=O)c1nc(C)[nH]c(=S)c1Cl. The van der Waals surface area contributed by atoms with Gasteiger partial charge in [-0.1, -0.05) is 23.8 Å². The molecule has 0 aliphatic heterocycles. The Morgan fingerprint density at radius 2 is 2.31 bits per heavy atom. The van der Waals surface area contributed by atoms with Crippen LogP contribution in [0.1, 0.15) is 16.3 Å². The lowest BCUT2D eigenvalue weighted by atomic mass is 10.4. The number of carbonyl (C=O) groups is 1. The van der Waals surface area contributed by atoms with Gasteiger partial charge in [-0.2, -0.15) is 0 Å². The molecule has 0 spiro atoms. The average molecular weight is 219 g/mol. The van der Waals surface area contributed by atoms with E-state index in [0.29, 0.717) is 5.82 Å². The molecular formula is C7H7ClN2O2S. The van der Waals surface area contributed by atoms with E-state index in [9.17, 15) is 4.79 Å². The van der Waals surface area contributed by atoms with Crippen molar-refractivity contribution in [3.05, 3.63) is 21.2 Å². The maximum absolute atomic E-state index is 11.1. The minimum Gasteiger partial charge on any atom is -0.464 e. The maximum atomic E-state index is 11.1. The van der Waals surface area contributed by atoms with Crippen LogP contribution in [-0.2, 0) is 4.74 Å². The summed E-state index contributed by atoms with van der Waals surface area (Å²) in [5.74, 6) is -0.0667. The topological polar surface area (TPSA) is 55.0 Å². The van der Waals surface area contributed by atoms with Crippen molar-refractivity contribution < 1.29 is 9.53 Å². The van der Waals surface area contributed by atoms with Crippen molar-refractivity contribution in [3.8, 4) is 0 Å². The van der Waals surface area contributed by atoms with Crippen molar-refractivity contribution in [2.75, 3.05) is 7.11 Å². The Kier molecular flexibility index (Phi) is 3.00. The molecular weight excluding hydrogens is 212 g/mol. The average Bonchev–Trinajstić information content (AvgIpc) is 2.10. The lowest BCUT2D eigenvalue weighted by Gasteiger charge is -2.02. The minimum atomic E-state index is -0.590. The first kappa shape index (κ1) is 10.1. The fraction of sp³-hybridized carbons (Fsp3) is 0.286. The van der Waals surface area contributed by atoms with Gasteiger partial charge in [0.05, 0.1) is 7.11 Å². The van der Waals surface area contributed by atoms with Crippen molar-refractivity contribution in [2.24, 2.45) is 0 Å². The van der Waals surface area contributed by atoms with Gasteiger partial charge in [0.15, 0.2) is 5.69 Å². The molecule has 1 aromatic rings. The van der Waals surface area contributed by atoms with Crippen LogP contribution in [0.25, 0.3) is 0 Å². The Morgan fingerprint density at radius 1 is 1.69 bits per heavy atom. The highest BCUT2D eigenvalue weighted by atomic mass is 35.5. The van der Waals surface area contributed by atoms with Gasteiger partial charge in [0.1, 0.15) is 15.5 Å². The number of H-pyrrole nitrogens is 1. The van der Waals surface area contributed by atoms with Gasteiger partial charge in [-0.15, -0.1) is 0 Å². The van der Waals surface area contributed by atoms with Crippen LogP contribution >= 0.6 is 23.8 Å². The molecule has 0 saturated heterocycles. The van der Waals surface area contributed by atoms with Gasteiger partial charge in [0.25, 0.3) is 0 Å². The summed E-state index contributed by atoms with van der Waals surface area (Å²) in [5.41, 5.74) is 0.0467. The molecule has 1 N–H and O–H groups in total. The van der Waals surface area contributed by atoms with E-state index >= 15 is 0 Å². The van der Waals surface area contributed by atoms with Crippen molar-refractivity contribution >= 4 is 29.8 Å². The second-order valence-electron chi connectivity index (χ2n) is 2.31. The zero-order valence-corrected chi connectivity index (χ0v) is 8.62. The summed E-state index contributed by atoms with van der Waals surface area (Å²) in [4.78, 5) is 17.7. The van der Waals surface area contributed by atoms with Crippen LogP contribution < -0.4 is 0 Å². The van der Waals surface area contributed by atoms with E-state index in [-0.39, 0.29) is 15.4 Å². The van der Waals surface area contributed by atoms with Gasteiger partial charge in [-0.05, 0) is 6.92 Å². The van der Waals surface area contributed by atoms with Gasteiger partial charge < -0.3 is 9.72 Å². The Morgan fingerprint density at radius 3 is 2.85 bits per heavy atom. The summed E-state index contributed by atoms with van der Waals surface area (Å²) in [7, 11) is 1.26. The molecule has 0 amide bonds. The Bertz CT molecular complexity index is 402. The normalized spacial score (nSPS) is 9.77. The Labute approximate surface area is 84.9 Å². The van der Waals surface area contributed by atoms with Crippen LogP contribution in [0.15, 0.2) is 0 Å². The molecule has 1 heterocycles. The van der Waals surface area contributed by atoms with Gasteiger partial charge in [-0.25, -0.2) is 9.78 Å². The number of nitrogens with zero attached hydrogens (tertiary/aromatic N) is 1. The van der Waals surface area contributed by atoms with Crippen LogP contribution in [0.3, 0.4) is 0 Å². The monoisotopic (exact) mass is 218 g/mol. The van der Waals surface area contributed by atoms with Gasteiger partial charge in [0, 0.05) is 0 Å². The Hall–Kier alpha value is -0.940. The second kappa shape index (κ2) is 3.85. The van der Waals surface area contributed by atoms with E-state index in [1.807, 2.05) is 0 Å². The van der Waals surface area contributed by atoms with Crippen LogP contribution in [0.4, 0.5) is 0 Å². The predicted octanol–water partition coefficient (Wildman–Crippen LogP) is 1.89. The van der Waals surface area contributed by atoms with Crippen molar-refractivity contribution in [1.29, 1.82) is 0 Å². The molecule has 0 aromatic carbocycles. The molecule has 1 aromatic heterocycles. The summed E-state index contributed by atoms with van der Waals surface area (Å²) >= 11 is 10.6. The molecule has 0 aliphatic carbocycles. The molecule has 4 nitrogen and oxygen atoms in total. The van der Waals surface area contributed by atoms with E-state index in [1.165, 1.54) is 7.11 Å². The van der Waals surface area contributed by atoms with Crippen LogP contribution in [0.2, 0.25) is 5.02 Å². The fourth-order valence-electron chi connectivity index (χ4n) is 0.803. The highest BCUT2D eigenvalue weighted by Gasteiger charge is 2.14. The number of hydrogen-bond acceptors (Lipinski definition) is 4. The van der Waals surface area contributed by atoms with Crippen molar-refractivity contribution in [3.63, 3.8) is 0 Å². The van der Waals surface area contributed by atoms with Crippen LogP contribution in [0, 0.1) is 11.6 Å². The lowest BCUT2D eigenvalue weighted by Crippen LogP contribution is -2.07. The third-order valence-corrected chi connectivity index (χ3v) is 2.15. The molecule has 0 saturated carbocycles. The molecule has 0 fully saturated rings. The Balaban J connectivity index is 3.37. The van der Waals surface area contributed by atoms with Crippen LogP contribution in [-0.4, -0.2) is 23.0 Å². The number of esters is 1. The number of ether oxygens (including phenoxy) is 1. The highest BCUT2D eigenvalue weighted by molar-refractivity contribution is 7.71. The molecule has 0 atom stereocenters. The number of methoxy groups -OCH3 is 1. The first-order valence-corrected chi connectivity index (χ1v) is 4.19. The van der Waals surface area contributed by atoms with Crippen molar-refractivity contribution in [2.45, 2.75) is 6.92 Å². The molecule has 0 bridgehead atoms.